The number of aromatic nitrogens is 2. The van der Waals surface area contributed by atoms with Crippen molar-refractivity contribution in [2.75, 3.05) is 27.4 Å². The van der Waals surface area contributed by atoms with Gasteiger partial charge < -0.3 is 18.9 Å². The summed E-state index contributed by atoms with van der Waals surface area (Å²) in [4.78, 5) is 31.6. The van der Waals surface area contributed by atoms with E-state index in [2.05, 4.69) is 19.4 Å². The van der Waals surface area contributed by atoms with Gasteiger partial charge in [-0.1, -0.05) is 11.6 Å². The van der Waals surface area contributed by atoms with E-state index in [-0.39, 0.29) is 29.8 Å². The Morgan fingerprint density at radius 1 is 1.22 bits per heavy atom. The Kier molecular flexibility index (Phi) is 5.12. The minimum atomic E-state index is -3.33. The smallest absolute Gasteiger partial charge is 0.362 e. The zero-order valence-electron chi connectivity index (χ0n) is 12.6. The zero-order valence-corrected chi connectivity index (χ0v) is 13.3. The van der Waals surface area contributed by atoms with Gasteiger partial charge in [-0.2, -0.15) is 0 Å². The first kappa shape index (κ1) is 17.5. The number of hydrogen-bond acceptors (Lipinski definition) is 8. The van der Waals surface area contributed by atoms with Crippen molar-refractivity contribution in [3.05, 3.63) is 22.2 Å². The Morgan fingerprint density at radius 3 is 2.22 bits per heavy atom. The van der Waals surface area contributed by atoms with Crippen LogP contribution in [-0.4, -0.2) is 49.3 Å². The van der Waals surface area contributed by atoms with Crippen molar-refractivity contribution in [2.45, 2.75) is 18.9 Å². The monoisotopic (exact) mass is 348 g/mol. The van der Waals surface area contributed by atoms with Crippen LogP contribution in [0.3, 0.4) is 0 Å². The molecule has 1 aliphatic heterocycles. The van der Waals surface area contributed by atoms with Gasteiger partial charge in [0, 0.05) is 0 Å². The maximum atomic E-state index is 15.4. The molecule has 23 heavy (non-hydrogen) atoms. The number of hydrogen-bond donors (Lipinski definition) is 0. The predicted molar refractivity (Wildman–Crippen MR) is 73.2 cm³/mol. The van der Waals surface area contributed by atoms with Crippen molar-refractivity contribution in [2.24, 2.45) is 0 Å². The number of carbonyl (C=O) groups excluding carboxylic acids is 2. The van der Waals surface area contributed by atoms with Gasteiger partial charge in [0.15, 0.2) is 6.29 Å². The third kappa shape index (κ3) is 2.99. The summed E-state index contributed by atoms with van der Waals surface area (Å²) in [6, 6.07) is 0. The Balaban J connectivity index is 2.71. The summed E-state index contributed by atoms with van der Waals surface area (Å²) >= 11 is 6.03. The Hall–Kier alpha value is -1.84. The van der Waals surface area contributed by atoms with E-state index in [1.165, 1.54) is 6.92 Å². The van der Waals surface area contributed by atoms with Gasteiger partial charge in [-0.25, -0.2) is 23.9 Å². The van der Waals surface area contributed by atoms with Crippen LogP contribution < -0.4 is 0 Å². The van der Waals surface area contributed by atoms with Crippen LogP contribution >= 0.6 is 11.6 Å². The van der Waals surface area contributed by atoms with Crippen molar-refractivity contribution < 1.29 is 32.9 Å². The number of esters is 2. The Morgan fingerprint density at radius 2 is 1.74 bits per heavy atom. The minimum absolute atomic E-state index is 0.0431. The molecule has 0 aliphatic carbocycles. The van der Waals surface area contributed by atoms with Gasteiger partial charge in [-0.3, -0.25) is 0 Å². The molecule has 0 atom stereocenters. The molecule has 10 heteroatoms. The summed E-state index contributed by atoms with van der Waals surface area (Å²) in [5, 5.41) is -0.200. The zero-order chi connectivity index (χ0) is 17.2. The molecule has 2 heterocycles. The van der Waals surface area contributed by atoms with E-state index < -0.39 is 29.6 Å². The van der Waals surface area contributed by atoms with Crippen LogP contribution in [0.5, 0.6) is 0 Å². The van der Waals surface area contributed by atoms with E-state index in [1.54, 1.807) is 0 Å². The van der Waals surface area contributed by atoms with Crippen LogP contribution in [0.1, 0.15) is 23.4 Å². The fraction of sp³-hybridized carbons (Fsp3) is 0.538. The summed E-state index contributed by atoms with van der Waals surface area (Å²) in [6.45, 7) is 1.87. The Bertz CT molecular complexity index is 619. The maximum Gasteiger partial charge on any atom is 0.362 e. The van der Waals surface area contributed by atoms with Crippen molar-refractivity contribution >= 4 is 23.5 Å². The van der Waals surface area contributed by atoms with E-state index in [0.29, 0.717) is 0 Å². The number of alkyl halides is 1. The fourth-order valence-electron chi connectivity index (χ4n) is 2.10. The number of ether oxygens (including phenoxy) is 4. The topological polar surface area (TPSA) is 96.8 Å². The van der Waals surface area contributed by atoms with Gasteiger partial charge in [0.2, 0.25) is 0 Å². The third-order valence-electron chi connectivity index (χ3n) is 3.13. The molecule has 0 amide bonds. The number of rotatable bonds is 4. The molecule has 2 rings (SSSR count). The standard InChI is InChI=1S/C13H14ClFN2O6/c1-6-16-8(13(15,11(18)20-2)12(19)21-3)7(9(14)17-6)10-22-4-5-23-10/h10H,4-5H2,1-3H3. The van der Waals surface area contributed by atoms with E-state index >= 15 is 4.39 Å². The number of nitrogens with zero attached hydrogens (tertiary/aromatic N) is 2. The molecule has 126 valence electrons. The summed E-state index contributed by atoms with van der Waals surface area (Å²) in [7, 11) is 1.86. The molecule has 1 saturated heterocycles. The first-order chi connectivity index (χ1) is 10.9. The average Bonchev–Trinajstić information content (AvgIpc) is 3.05. The first-order valence-electron chi connectivity index (χ1n) is 6.49. The van der Waals surface area contributed by atoms with Crippen LogP contribution in [0.25, 0.3) is 0 Å². The summed E-state index contributed by atoms with van der Waals surface area (Å²) in [6.07, 6.45) is -1.11. The lowest BCUT2D eigenvalue weighted by Gasteiger charge is -2.24. The van der Waals surface area contributed by atoms with Crippen molar-refractivity contribution in [3.8, 4) is 0 Å². The van der Waals surface area contributed by atoms with Crippen LogP contribution in [-0.2, 0) is 34.2 Å². The van der Waals surface area contributed by atoms with Crippen molar-refractivity contribution in [3.63, 3.8) is 0 Å². The number of aryl methyl sites for hydroxylation is 1. The molecule has 8 nitrogen and oxygen atoms in total. The molecule has 1 aromatic rings. The summed E-state index contributed by atoms with van der Waals surface area (Å²) in [5.74, 6) is -2.96. The molecule has 0 saturated carbocycles. The minimum Gasteiger partial charge on any atom is -0.466 e. The predicted octanol–water partition coefficient (Wildman–Crippen LogP) is 0.995. The normalized spacial score (nSPS) is 15.5. The fourth-order valence-corrected chi connectivity index (χ4v) is 2.40. The molecule has 1 fully saturated rings. The lowest BCUT2D eigenvalue weighted by atomic mass is 9.97. The van der Waals surface area contributed by atoms with Crippen LogP contribution in [0.15, 0.2) is 0 Å². The summed E-state index contributed by atoms with van der Waals surface area (Å²) < 4.78 is 34.7. The molecule has 0 aromatic carbocycles. The second kappa shape index (κ2) is 6.73. The molecule has 0 radical (unpaired) electrons. The van der Waals surface area contributed by atoms with Gasteiger partial charge in [-0.15, -0.1) is 0 Å². The van der Waals surface area contributed by atoms with Crippen molar-refractivity contribution in [1.29, 1.82) is 0 Å². The number of methoxy groups -OCH3 is 2. The van der Waals surface area contributed by atoms with Gasteiger partial charge >= 0.3 is 17.6 Å². The lowest BCUT2D eigenvalue weighted by Crippen LogP contribution is -2.43. The van der Waals surface area contributed by atoms with Crippen LogP contribution in [0.4, 0.5) is 4.39 Å². The van der Waals surface area contributed by atoms with Crippen molar-refractivity contribution in [1.82, 2.24) is 9.97 Å². The largest absolute Gasteiger partial charge is 0.466 e. The van der Waals surface area contributed by atoms with E-state index in [4.69, 9.17) is 21.1 Å². The van der Waals surface area contributed by atoms with Gasteiger partial charge in [0.05, 0.1) is 33.0 Å². The second-order valence-corrected chi connectivity index (χ2v) is 4.90. The highest BCUT2D eigenvalue weighted by atomic mass is 35.5. The van der Waals surface area contributed by atoms with Gasteiger partial charge in [0.25, 0.3) is 0 Å². The van der Waals surface area contributed by atoms with E-state index in [1.807, 2.05) is 0 Å². The molecular weight excluding hydrogens is 335 g/mol. The first-order valence-corrected chi connectivity index (χ1v) is 6.87. The number of halogens is 2. The molecule has 0 bridgehead atoms. The highest BCUT2D eigenvalue weighted by Crippen LogP contribution is 2.38. The SMILES string of the molecule is COC(=O)C(F)(C(=O)OC)c1nc(C)nc(Cl)c1C1OCCO1. The molecular formula is C13H14ClFN2O6. The van der Waals surface area contributed by atoms with Gasteiger partial charge in [0.1, 0.15) is 16.7 Å². The molecule has 0 unspecified atom stereocenters. The molecule has 1 aromatic heterocycles. The molecule has 1 aliphatic rings. The molecule has 0 N–H and O–H groups in total. The molecule has 0 spiro atoms. The van der Waals surface area contributed by atoms with E-state index in [0.717, 1.165) is 14.2 Å². The third-order valence-corrected chi connectivity index (χ3v) is 3.42. The highest BCUT2D eigenvalue weighted by molar-refractivity contribution is 6.30. The second-order valence-electron chi connectivity index (χ2n) is 4.54. The maximum absolute atomic E-state index is 15.4. The van der Waals surface area contributed by atoms with Crippen LogP contribution in [0, 0.1) is 6.92 Å². The lowest BCUT2D eigenvalue weighted by molar-refractivity contribution is -0.173. The number of carbonyl (C=O) groups is 2. The highest BCUT2D eigenvalue weighted by Gasteiger charge is 2.55. The summed E-state index contributed by atoms with van der Waals surface area (Å²) in [5.41, 5.74) is -4.11. The van der Waals surface area contributed by atoms with E-state index in [9.17, 15) is 9.59 Å². The Labute approximate surface area is 135 Å². The van der Waals surface area contributed by atoms with Crippen LogP contribution in [0.2, 0.25) is 5.15 Å². The average molecular weight is 349 g/mol. The van der Waals surface area contributed by atoms with Gasteiger partial charge in [-0.05, 0) is 6.92 Å². The quantitative estimate of drug-likeness (QED) is 0.451.